The largest absolute Gasteiger partial charge is 0.334 e. The summed E-state index contributed by atoms with van der Waals surface area (Å²) in [6.07, 6.45) is 5.53. The van der Waals surface area contributed by atoms with Crippen LogP contribution >= 0.6 is 0 Å². The number of benzene rings is 1. The number of rotatable bonds is 4. The Morgan fingerprint density at radius 1 is 1.47 bits per heavy atom. The Bertz CT molecular complexity index is 540. The predicted molar refractivity (Wildman–Crippen MR) is 78.3 cm³/mol. The van der Waals surface area contributed by atoms with Gasteiger partial charge < -0.3 is 15.2 Å². The Kier molecular flexibility index (Phi) is 3.80. The Morgan fingerprint density at radius 3 is 3.26 bits per heavy atom. The summed E-state index contributed by atoms with van der Waals surface area (Å²) < 4.78 is 2.06. The van der Waals surface area contributed by atoms with E-state index in [0.717, 1.165) is 25.0 Å². The molecule has 3 rings (SSSR count). The minimum absolute atomic E-state index is 0.646. The van der Waals surface area contributed by atoms with Crippen LogP contribution in [-0.2, 0) is 13.5 Å². The molecule has 1 atom stereocenters. The summed E-state index contributed by atoms with van der Waals surface area (Å²) in [4.78, 5) is 4.41. The molecule has 0 radical (unpaired) electrons. The fourth-order valence-corrected chi connectivity index (χ4v) is 2.78. The lowest BCUT2D eigenvalue weighted by molar-refractivity contribution is 0.392. The molecule has 2 heterocycles. The van der Waals surface area contributed by atoms with E-state index in [2.05, 4.69) is 38.4 Å². The van der Waals surface area contributed by atoms with E-state index in [1.807, 2.05) is 13.4 Å². The van der Waals surface area contributed by atoms with Crippen LogP contribution in [0.4, 0.5) is 0 Å². The zero-order chi connectivity index (χ0) is 13.1. The van der Waals surface area contributed by atoms with E-state index in [0.29, 0.717) is 6.04 Å². The van der Waals surface area contributed by atoms with Crippen LogP contribution in [-0.4, -0.2) is 35.2 Å². The van der Waals surface area contributed by atoms with Crippen molar-refractivity contribution in [3.05, 3.63) is 30.1 Å². The van der Waals surface area contributed by atoms with Crippen molar-refractivity contribution in [3.8, 4) is 0 Å². The zero-order valence-corrected chi connectivity index (χ0v) is 11.5. The summed E-state index contributed by atoms with van der Waals surface area (Å²) in [6.45, 7) is 3.33. The van der Waals surface area contributed by atoms with E-state index < -0.39 is 0 Å². The first-order valence-electron chi connectivity index (χ1n) is 7.17. The van der Waals surface area contributed by atoms with E-state index in [1.54, 1.807) is 0 Å². The SMILES string of the molecule is Cn1cnc2cc(CCNC3CCCNC3)ccc21. The molecule has 1 saturated heterocycles. The van der Waals surface area contributed by atoms with E-state index in [1.165, 1.54) is 30.5 Å². The fraction of sp³-hybridized carbons (Fsp3) is 0.533. The quantitative estimate of drug-likeness (QED) is 0.872. The molecule has 0 bridgehead atoms. The minimum Gasteiger partial charge on any atom is -0.334 e. The molecular formula is C15H22N4. The van der Waals surface area contributed by atoms with E-state index >= 15 is 0 Å². The number of fused-ring (bicyclic) bond motifs is 1. The highest BCUT2D eigenvalue weighted by atomic mass is 15.0. The second-order valence-corrected chi connectivity index (χ2v) is 5.43. The monoisotopic (exact) mass is 258 g/mol. The summed E-state index contributed by atoms with van der Waals surface area (Å²) in [7, 11) is 2.03. The Labute approximate surface area is 114 Å². The molecule has 0 aliphatic carbocycles. The molecule has 4 nitrogen and oxygen atoms in total. The number of aromatic nitrogens is 2. The van der Waals surface area contributed by atoms with Crippen LogP contribution in [0.15, 0.2) is 24.5 Å². The molecule has 0 saturated carbocycles. The van der Waals surface area contributed by atoms with E-state index in [-0.39, 0.29) is 0 Å². The number of hydrogen-bond acceptors (Lipinski definition) is 3. The Balaban J connectivity index is 1.56. The molecule has 1 aliphatic rings. The van der Waals surface area contributed by atoms with Gasteiger partial charge in [0, 0.05) is 19.6 Å². The van der Waals surface area contributed by atoms with Crippen LogP contribution in [0.2, 0.25) is 0 Å². The van der Waals surface area contributed by atoms with Crippen molar-refractivity contribution < 1.29 is 0 Å². The molecule has 1 fully saturated rings. The molecule has 4 heteroatoms. The van der Waals surface area contributed by atoms with E-state index in [9.17, 15) is 0 Å². The number of hydrogen-bond donors (Lipinski definition) is 2. The Morgan fingerprint density at radius 2 is 2.42 bits per heavy atom. The summed E-state index contributed by atoms with van der Waals surface area (Å²) in [5.74, 6) is 0. The zero-order valence-electron chi connectivity index (χ0n) is 11.5. The maximum absolute atomic E-state index is 4.41. The number of nitrogens with zero attached hydrogens (tertiary/aromatic N) is 2. The van der Waals surface area contributed by atoms with Crippen molar-refractivity contribution >= 4 is 11.0 Å². The maximum Gasteiger partial charge on any atom is 0.0955 e. The average Bonchev–Trinajstić information content (AvgIpc) is 2.81. The van der Waals surface area contributed by atoms with Gasteiger partial charge in [-0.1, -0.05) is 6.07 Å². The second-order valence-electron chi connectivity index (χ2n) is 5.43. The maximum atomic E-state index is 4.41. The average molecular weight is 258 g/mol. The molecule has 2 aromatic rings. The van der Waals surface area contributed by atoms with Gasteiger partial charge in [0.15, 0.2) is 0 Å². The molecule has 2 N–H and O–H groups in total. The van der Waals surface area contributed by atoms with Crippen LogP contribution in [0.5, 0.6) is 0 Å². The lowest BCUT2D eigenvalue weighted by atomic mass is 10.1. The van der Waals surface area contributed by atoms with Crippen LogP contribution in [0.3, 0.4) is 0 Å². The molecule has 1 aromatic carbocycles. The Hall–Kier alpha value is -1.39. The van der Waals surface area contributed by atoms with Crippen LogP contribution < -0.4 is 10.6 Å². The highest BCUT2D eigenvalue weighted by Crippen LogP contribution is 2.14. The van der Waals surface area contributed by atoms with Crippen LogP contribution in [0, 0.1) is 0 Å². The molecule has 1 aromatic heterocycles. The van der Waals surface area contributed by atoms with Gasteiger partial charge in [-0.15, -0.1) is 0 Å². The standard InChI is InChI=1S/C15H22N4/c1-19-11-18-14-9-12(4-5-15(14)19)6-8-17-13-3-2-7-16-10-13/h4-5,9,11,13,16-17H,2-3,6-8,10H2,1H3. The third-order valence-electron chi connectivity index (χ3n) is 3.93. The molecule has 1 aliphatic heterocycles. The van der Waals surface area contributed by atoms with Gasteiger partial charge in [0.2, 0.25) is 0 Å². The molecule has 19 heavy (non-hydrogen) atoms. The lowest BCUT2D eigenvalue weighted by Crippen LogP contribution is -2.43. The van der Waals surface area contributed by atoms with E-state index in [4.69, 9.17) is 0 Å². The van der Waals surface area contributed by atoms with Crippen LogP contribution in [0.1, 0.15) is 18.4 Å². The molecule has 1 unspecified atom stereocenters. The number of piperidine rings is 1. The highest BCUT2D eigenvalue weighted by molar-refractivity contribution is 5.75. The normalized spacial score (nSPS) is 19.9. The summed E-state index contributed by atoms with van der Waals surface area (Å²) in [5, 5.41) is 7.07. The van der Waals surface area contributed by atoms with Crippen molar-refractivity contribution in [1.29, 1.82) is 0 Å². The molecule has 0 spiro atoms. The van der Waals surface area contributed by atoms with Crippen molar-refractivity contribution in [2.75, 3.05) is 19.6 Å². The fourth-order valence-electron chi connectivity index (χ4n) is 2.78. The minimum atomic E-state index is 0.646. The third kappa shape index (κ3) is 2.96. The highest BCUT2D eigenvalue weighted by Gasteiger charge is 2.11. The number of aryl methyl sites for hydroxylation is 1. The summed E-state index contributed by atoms with van der Waals surface area (Å²) in [6, 6.07) is 7.23. The van der Waals surface area contributed by atoms with Gasteiger partial charge in [0.25, 0.3) is 0 Å². The van der Waals surface area contributed by atoms with Gasteiger partial charge in [0.1, 0.15) is 0 Å². The second kappa shape index (κ2) is 5.72. The first kappa shape index (κ1) is 12.6. The first-order valence-corrected chi connectivity index (χ1v) is 7.17. The predicted octanol–water partition coefficient (Wildman–Crippen LogP) is 1.46. The topological polar surface area (TPSA) is 41.9 Å². The smallest absolute Gasteiger partial charge is 0.0955 e. The van der Waals surface area contributed by atoms with Crippen LogP contribution in [0.25, 0.3) is 11.0 Å². The molecule has 0 amide bonds. The third-order valence-corrected chi connectivity index (χ3v) is 3.93. The van der Waals surface area contributed by atoms with Crippen molar-refractivity contribution in [2.45, 2.75) is 25.3 Å². The van der Waals surface area contributed by atoms with Gasteiger partial charge in [-0.2, -0.15) is 0 Å². The number of nitrogens with one attached hydrogen (secondary N) is 2. The van der Waals surface area contributed by atoms with Gasteiger partial charge in [0.05, 0.1) is 17.4 Å². The van der Waals surface area contributed by atoms with Crippen molar-refractivity contribution in [2.24, 2.45) is 7.05 Å². The van der Waals surface area contributed by atoms with Crippen molar-refractivity contribution in [3.63, 3.8) is 0 Å². The first-order chi connectivity index (χ1) is 9.33. The van der Waals surface area contributed by atoms with Gasteiger partial charge in [-0.3, -0.25) is 0 Å². The number of imidazole rings is 1. The summed E-state index contributed by atoms with van der Waals surface area (Å²) in [5.41, 5.74) is 3.66. The summed E-state index contributed by atoms with van der Waals surface area (Å²) >= 11 is 0. The van der Waals surface area contributed by atoms with Gasteiger partial charge >= 0.3 is 0 Å². The van der Waals surface area contributed by atoms with Gasteiger partial charge in [-0.05, 0) is 50.0 Å². The van der Waals surface area contributed by atoms with Gasteiger partial charge in [-0.25, -0.2) is 4.98 Å². The van der Waals surface area contributed by atoms with Crippen molar-refractivity contribution in [1.82, 2.24) is 20.2 Å². The lowest BCUT2D eigenvalue weighted by Gasteiger charge is -2.23. The molecular weight excluding hydrogens is 236 g/mol. The molecule has 102 valence electrons.